The van der Waals surface area contributed by atoms with Crippen molar-refractivity contribution in [3.05, 3.63) is 92.5 Å². The molecule has 196 valence electrons. The molecule has 2 aliphatic heterocycles. The van der Waals surface area contributed by atoms with Crippen molar-refractivity contribution < 1.29 is 40.4 Å². The third-order valence-electron chi connectivity index (χ3n) is 6.05. The largest absolute Gasteiger partial charge is 0.416 e. The average molecular weight is 554 g/mol. The Morgan fingerprint density at radius 2 is 1.89 bits per heavy atom. The summed E-state index contributed by atoms with van der Waals surface area (Å²) >= 11 is 6.27. The fourth-order valence-corrected chi connectivity index (χ4v) is 4.63. The van der Waals surface area contributed by atoms with Crippen LogP contribution in [0.5, 0.6) is 0 Å². The molecule has 2 aliphatic rings. The van der Waals surface area contributed by atoms with E-state index in [-0.39, 0.29) is 44.7 Å². The van der Waals surface area contributed by atoms with Crippen LogP contribution in [0.4, 0.5) is 38.1 Å². The van der Waals surface area contributed by atoms with Gasteiger partial charge in [0.1, 0.15) is 11.6 Å². The maximum absolute atomic E-state index is 14.2. The predicted octanol–water partition coefficient (Wildman–Crippen LogP) is 5.70. The van der Waals surface area contributed by atoms with Gasteiger partial charge in [0.05, 0.1) is 22.9 Å². The van der Waals surface area contributed by atoms with E-state index in [1.165, 1.54) is 12.1 Å². The normalized spacial score (nSPS) is 18.0. The summed E-state index contributed by atoms with van der Waals surface area (Å²) in [5.41, 5.74) is -2.55. The number of benzene rings is 3. The summed E-state index contributed by atoms with van der Waals surface area (Å²) < 4.78 is 90.8. The SMILES string of the molecule is [2H]C([2H])([2H])N1Cc2cc(NC(=O)c3cc(F)cc(C(F)(F)F)c3)c3c(c2NC1=O)C(=O)N[C@H]3c1cc(F)ccc1Cl. The molecule has 3 aromatic rings. The van der Waals surface area contributed by atoms with Crippen LogP contribution in [0.15, 0.2) is 42.5 Å². The molecule has 38 heavy (non-hydrogen) atoms. The van der Waals surface area contributed by atoms with Gasteiger partial charge in [-0.2, -0.15) is 13.2 Å². The second kappa shape index (κ2) is 8.98. The van der Waals surface area contributed by atoms with Gasteiger partial charge in [0, 0.05) is 45.0 Å². The van der Waals surface area contributed by atoms with Gasteiger partial charge >= 0.3 is 12.2 Å². The number of amides is 4. The molecule has 0 radical (unpaired) electrons. The van der Waals surface area contributed by atoms with Gasteiger partial charge in [-0.25, -0.2) is 13.6 Å². The lowest BCUT2D eigenvalue weighted by molar-refractivity contribution is -0.137. The smallest absolute Gasteiger partial charge is 0.341 e. The number of nitrogens with zero attached hydrogens (tertiary/aromatic N) is 1. The third kappa shape index (κ3) is 4.40. The predicted molar refractivity (Wildman–Crippen MR) is 127 cm³/mol. The molecule has 0 saturated carbocycles. The van der Waals surface area contributed by atoms with Crippen LogP contribution in [-0.4, -0.2) is 29.7 Å². The van der Waals surface area contributed by atoms with Crippen LogP contribution in [0.25, 0.3) is 0 Å². The van der Waals surface area contributed by atoms with E-state index < -0.39 is 66.3 Å². The summed E-state index contributed by atoms with van der Waals surface area (Å²) in [6.45, 7) is -3.43. The van der Waals surface area contributed by atoms with E-state index in [4.69, 9.17) is 15.7 Å². The van der Waals surface area contributed by atoms with E-state index >= 15 is 0 Å². The van der Waals surface area contributed by atoms with Gasteiger partial charge in [-0.15, -0.1) is 0 Å². The number of alkyl halides is 3. The molecule has 5 rings (SSSR count). The van der Waals surface area contributed by atoms with Crippen LogP contribution in [0.1, 0.15) is 53.1 Å². The number of urea groups is 1. The molecule has 2 heterocycles. The molecule has 0 aromatic heterocycles. The molecule has 0 aliphatic carbocycles. The summed E-state index contributed by atoms with van der Waals surface area (Å²) in [7, 11) is 0. The molecule has 0 fully saturated rings. The molecule has 0 unspecified atom stereocenters. The Bertz CT molecular complexity index is 1650. The fraction of sp³-hybridized carbons (Fsp3) is 0.160. The maximum Gasteiger partial charge on any atom is 0.416 e. The highest BCUT2D eigenvalue weighted by Crippen LogP contribution is 2.45. The van der Waals surface area contributed by atoms with E-state index in [1.54, 1.807) is 0 Å². The lowest BCUT2D eigenvalue weighted by atomic mass is 9.92. The molecular formula is C25H16ClF5N4O3. The van der Waals surface area contributed by atoms with Gasteiger partial charge in [-0.1, -0.05) is 11.6 Å². The number of rotatable bonds is 3. The van der Waals surface area contributed by atoms with Crippen LogP contribution in [0, 0.1) is 11.6 Å². The van der Waals surface area contributed by atoms with Crippen molar-refractivity contribution in [1.82, 2.24) is 10.2 Å². The van der Waals surface area contributed by atoms with E-state index in [2.05, 4.69) is 16.0 Å². The molecule has 0 bridgehead atoms. The van der Waals surface area contributed by atoms with Crippen LogP contribution in [0.3, 0.4) is 0 Å². The number of carbonyl (C=O) groups is 3. The standard InChI is InChI=1S/C25H16ClF5N4O3/c1-35-9-11-6-17(32-22(36)10-4-12(25(29,30)31)7-14(28)5-10)18-19(20(11)34-24(35)38)23(37)33-21(18)15-8-13(27)2-3-16(15)26/h2-8,21H,9H2,1H3,(H,32,36)(H,33,37)(H,34,38)/t21-/m0/s1/i1D3. The van der Waals surface area contributed by atoms with E-state index in [9.17, 15) is 36.3 Å². The summed E-state index contributed by atoms with van der Waals surface area (Å²) in [6, 6.07) is 3.47. The number of carbonyl (C=O) groups excluding carboxylic acids is 3. The highest BCUT2D eigenvalue weighted by atomic mass is 35.5. The third-order valence-corrected chi connectivity index (χ3v) is 6.39. The second-order valence-electron chi connectivity index (χ2n) is 8.52. The van der Waals surface area contributed by atoms with Crippen LogP contribution in [0.2, 0.25) is 5.02 Å². The quantitative estimate of drug-likeness (QED) is 0.364. The first-order valence-electron chi connectivity index (χ1n) is 12.3. The fourth-order valence-electron chi connectivity index (χ4n) is 4.40. The van der Waals surface area contributed by atoms with Crippen molar-refractivity contribution in [2.45, 2.75) is 18.8 Å². The van der Waals surface area contributed by atoms with Crippen molar-refractivity contribution in [3.63, 3.8) is 0 Å². The number of hydrogen-bond acceptors (Lipinski definition) is 3. The highest BCUT2D eigenvalue weighted by molar-refractivity contribution is 6.31. The minimum Gasteiger partial charge on any atom is -0.341 e. The van der Waals surface area contributed by atoms with Crippen LogP contribution >= 0.6 is 11.6 Å². The first-order valence-corrected chi connectivity index (χ1v) is 11.2. The van der Waals surface area contributed by atoms with Crippen LogP contribution < -0.4 is 16.0 Å². The molecule has 3 N–H and O–H groups in total. The molecular weight excluding hydrogens is 535 g/mol. The number of nitrogens with one attached hydrogen (secondary N) is 3. The van der Waals surface area contributed by atoms with Crippen molar-refractivity contribution in [2.24, 2.45) is 0 Å². The van der Waals surface area contributed by atoms with Gasteiger partial charge in [-0.3, -0.25) is 9.59 Å². The van der Waals surface area contributed by atoms with Gasteiger partial charge in [0.2, 0.25) is 0 Å². The minimum absolute atomic E-state index is 0.0112. The van der Waals surface area contributed by atoms with Gasteiger partial charge in [-0.05, 0) is 48.0 Å². The molecule has 7 nitrogen and oxygen atoms in total. The Labute approximate surface area is 220 Å². The summed E-state index contributed by atoms with van der Waals surface area (Å²) in [4.78, 5) is 39.4. The van der Waals surface area contributed by atoms with E-state index in [1.807, 2.05) is 0 Å². The Balaban J connectivity index is 1.68. The number of fused-ring (bicyclic) bond motifs is 3. The van der Waals surface area contributed by atoms with E-state index in [0.29, 0.717) is 17.0 Å². The topological polar surface area (TPSA) is 90.5 Å². The minimum atomic E-state index is -4.96. The highest BCUT2D eigenvalue weighted by Gasteiger charge is 2.39. The van der Waals surface area contributed by atoms with Crippen molar-refractivity contribution in [2.75, 3.05) is 17.6 Å². The monoisotopic (exact) mass is 553 g/mol. The van der Waals surface area contributed by atoms with Gasteiger partial charge in [0.15, 0.2) is 0 Å². The second-order valence-corrected chi connectivity index (χ2v) is 8.92. The zero-order valence-electron chi connectivity index (χ0n) is 21.8. The van der Waals surface area contributed by atoms with Gasteiger partial charge in [0.25, 0.3) is 11.8 Å². The number of halogens is 6. The Hall–Kier alpha value is -4.19. The van der Waals surface area contributed by atoms with Crippen molar-refractivity contribution in [1.29, 1.82) is 0 Å². The van der Waals surface area contributed by atoms with Crippen molar-refractivity contribution >= 4 is 40.8 Å². The molecule has 0 spiro atoms. The lowest BCUT2D eigenvalue weighted by Crippen LogP contribution is -2.36. The van der Waals surface area contributed by atoms with Crippen molar-refractivity contribution in [3.8, 4) is 0 Å². The average Bonchev–Trinajstić information content (AvgIpc) is 3.21. The number of hydrogen-bond donors (Lipinski definition) is 3. The van der Waals surface area contributed by atoms with Gasteiger partial charge < -0.3 is 20.9 Å². The zero-order chi connectivity index (χ0) is 30.0. The lowest BCUT2D eigenvalue weighted by Gasteiger charge is -2.28. The molecule has 3 aromatic carbocycles. The Kier molecular flexibility index (Phi) is 5.16. The molecule has 0 saturated heterocycles. The first kappa shape index (κ1) is 21.9. The Morgan fingerprint density at radius 3 is 2.61 bits per heavy atom. The number of anilines is 2. The molecule has 13 heteroatoms. The summed E-state index contributed by atoms with van der Waals surface area (Å²) in [5.74, 6) is -4.06. The molecule has 4 amide bonds. The zero-order valence-corrected chi connectivity index (χ0v) is 19.5. The van der Waals surface area contributed by atoms with E-state index in [0.717, 1.165) is 12.1 Å². The summed E-state index contributed by atoms with van der Waals surface area (Å²) in [5, 5.41) is 7.31. The Morgan fingerprint density at radius 1 is 1.13 bits per heavy atom. The first-order chi connectivity index (χ1) is 19.0. The summed E-state index contributed by atoms with van der Waals surface area (Å²) in [6.07, 6.45) is -4.96. The maximum atomic E-state index is 14.2. The molecule has 1 atom stereocenters. The van der Waals surface area contributed by atoms with Crippen LogP contribution in [-0.2, 0) is 12.7 Å².